The van der Waals surface area contributed by atoms with Crippen molar-refractivity contribution >= 4 is 23.7 Å². The minimum Gasteiger partial charge on any atom is -0.331 e. The number of β-lactam (4-membered cyclic amide) rings is 1. The number of carbonyl (C=O) groups excluding carboxylic acids is 3. The molecule has 1 aliphatic heterocycles. The van der Waals surface area contributed by atoms with Crippen molar-refractivity contribution in [2.75, 3.05) is 5.32 Å². The molecule has 1 aromatic heterocycles. The summed E-state index contributed by atoms with van der Waals surface area (Å²) in [4.78, 5) is 41.5. The third-order valence-electron chi connectivity index (χ3n) is 5.55. The maximum atomic E-state index is 12.8. The number of rotatable bonds is 5. The Morgan fingerprint density at radius 3 is 2.44 bits per heavy atom. The lowest BCUT2D eigenvalue weighted by molar-refractivity contribution is -0.167. The number of likely N-dealkylation sites (tertiary alicyclic amines) is 1. The Bertz CT molecular complexity index is 1020. The minimum atomic E-state index is -5.03. The maximum absolute atomic E-state index is 12.8. The molecule has 170 valence electrons. The molecule has 1 saturated heterocycles. The molecule has 3 rings (SSSR count). The van der Waals surface area contributed by atoms with Crippen molar-refractivity contribution in [3.8, 4) is 0 Å². The Morgan fingerprint density at radius 2 is 1.84 bits per heavy atom. The molecule has 32 heavy (non-hydrogen) atoms. The highest BCUT2D eigenvalue weighted by Crippen LogP contribution is 2.40. The van der Waals surface area contributed by atoms with Crippen molar-refractivity contribution in [3.63, 3.8) is 0 Å². The summed E-state index contributed by atoms with van der Waals surface area (Å²) in [6.07, 6.45) is -3.60. The summed E-state index contributed by atoms with van der Waals surface area (Å²) >= 11 is 0. The number of aromatic nitrogens is 1. The van der Waals surface area contributed by atoms with Crippen LogP contribution in [0.25, 0.3) is 0 Å². The number of alkyl halides is 3. The van der Waals surface area contributed by atoms with Crippen LogP contribution in [-0.4, -0.2) is 39.4 Å². The zero-order chi connectivity index (χ0) is 23.7. The molecule has 7 nitrogen and oxygen atoms in total. The standard InChI is InChI=1S/C22H23F3N4O3/c1-13(15-7-5-4-6-8-15)27-20(32)29-18(30)16(21(29,2)3)11-14-9-10-26-17(12-14)28-19(31)22(23,24)25/h4-10,12-13,16H,11H2,1-3H3,(H,27,32)(H,26,28,31)/t13-,16?/m1/s1. The summed E-state index contributed by atoms with van der Waals surface area (Å²) in [6.45, 7) is 5.31. The predicted octanol–water partition coefficient (Wildman–Crippen LogP) is 3.83. The molecule has 0 bridgehead atoms. The van der Waals surface area contributed by atoms with Gasteiger partial charge in [0.15, 0.2) is 0 Å². The van der Waals surface area contributed by atoms with Crippen LogP contribution >= 0.6 is 0 Å². The third-order valence-corrected chi connectivity index (χ3v) is 5.55. The Morgan fingerprint density at radius 1 is 1.19 bits per heavy atom. The predicted molar refractivity (Wildman–Crippen MR) is 110 cm³/mol. The van der Waals surface area contributed by atoms with E-state index in [0.29, 0.717) is 5.56 Å². The number of imide groups is 1. The van der Waals surface area contributed by atoms with Crippen LogP contribution < -0.4 is 10.6 Å². The average Bonchev–Trinajstić information content (AvgIpc) is 2.72. The smallest absolute Gasteiger partial charge is 0.331 e. The van der Waals surface area contributed by atoms with E-state index < -0.39 is 29.6 Å². The Balaban J connectivity index is 1.66. The summed E-state index contributed by atoms with van der Waals surface area (Å²) in [5.74, 6) is -3.34. The first-order valence-corrected chi connectivity index (χ1v) is 9.94. The van der Waals surface area contributed by atoms with Crippen LogP contribution in [0.15, 0.2) is 48.7 Å². The number of pyridine rings is 1. The number of hydrogen-bond donors (Lipinski definition) is 2. The number of halogens is 3. The van der Waals surface area contributed by atoms with Gasteiger partial charge in [-0.05, 0) is 50.5 Å². The van der Waals surface area contributed by atoms with Crippen LogP contribution in [0.4, 0.5) is 23.8 Å². The zero-order valence-electron chi connectivity index (χ0n) is 17.7. The number of urea groups is 1. The first-order chi connectivity index (χ1) is 14.9. The van der Waals surface area contributed by atoms with Crippen molar-refractivity contribution in [1.82, 2.24) is 15.2 Å². The number of anilines is 1. The van der Waals surface area contributed by atoms with E-state index in [1.807, 2.05) is 37.3 Å². The lowest BCUT2D eigenvalue weighted by atomic mass is 9.73. The van der Waals surface area contributed by atoms with Gasteiger partial charge >= 0.3 is 18.1 Å². The number of amides is 4. The van der Waals surface area contributed by atoms with Crippen LogP contribution in [-0.2, 0) is 16.0 Å². The summed E-state index contributed by atoms with van der Waals surface area (Å²) in [7, 11) is 0. The fourth-order valence-electron chi connectivity index (χ4n) is 3.70. The molecular formula is C22H23F3N4O3. The Kier molecular flexibility index (Phi) is 6.25. The molecule has 0 spiro atoms. The average molecular weight is 448 g/mol. The monoisotopic (exact) mass is 448 g/mol. The highest BCUT2D eigenvalue weighted by Gasteiger charge is 2.56. The molecule has 2 heterocycles. The van der Waals surface area contributed by atoms with Crippen molar-refractivity contribution in [3.05, 3.63) is 59.8 Å². The molecule has 4 amide bonds. The number of nitrogens with zero attached hydrogens (tertiary/aromatic N) is 2. The van der Waals surface area contributed by atoms with E-state index >= 15 is 0 Å². The van der Waals surface area contributed by atoms with Gasteiger partial charge in [-0.15, -0.1) is 0 Å². The highest BCUT2D eigenvalue weighted by molar-refractivity contribution is 6.02. The summed E-state index contributed by atoms with van der Waals surface area (Å²) in [5.41, 5.74) is 0.603. The van der Waals surface area contributed by atoms with E-state index in [0.717, 1.165) is 10.5 Å². The van der Waals surface area contributed by atoms with Crippen molar-refractivity contribution in [2.24, 2.45) is 5.92 Å². The Labute approximate surface area is 183 Å². The van der Waals surface area contributed by atoms with Crippen molar-refractivity contribution in [2.45, 2.75) is 44.9 Å². The van der Waals surface area contributed by atoms with Crippen LogP contribution in [0.2, 0.25) is 0 Å². The fraction of sp³-hybridized carbons (Fsp3) is 0.364. The Hall–Kier alpha value is -3.43. The third kappa shape index (κ3) is 4.74. The molecule has 1 fully saturated rings. The van der Waals surface area contributed by atoms with Gasteiger partial charge in [-0.2, -0.15) is 13.2 Å². The van der Waals surface area contributed by atoms with Crippen molar-refractivity contribution in [1.29, 1.82) is 0 Å². The van der Waals surface area contributed by atoms with Crippen LogP contribution in [0.3, 0.4) is 0 Å². The topological polar surface area (TPSA) is 91.4 Å². The minimum absolute atomic E-state index is 0.182. The molecular weight excluding hydrogens is 425 g/mol. The second-order valence-corrected chi connectivity index (χ2v) is 8.17. The quantitative estimate of drug-likeness (QED) is 0.680. The normalized spacial score (nSPS) is 18.5. The second kappa shape index (κ2) is 8.60. The van der Waals surface area contributed by atoms with Gasteiger partial charge in [0, 0.05) is 6.20 Å². The largest absolute Gasteiger partial charge is 0.471 e. The lowest BCUT2D eigenvalue weighted by Gasteiger charge is -2.52. The van der Waals surface area contributed by atoms with E-state index in [9.17, 15) is 27.6 Å². The van der Waals surface area contributed by atoms with Gasteiger partial charge in [0.05, 0.1) is 17.5 Å². The molecule has 10 heteroatoms. The summed E-state index contributed by atoms with van der Waals surface area (Å²) in [5, 5.41) is 4.51. The van der Waals surface area contributed by atoms with Gasteiger partial charge in [-0.1, -0.05) is 30.3 Å². The second-order valence-electron chi connectivity index (χ2n) is 8.17. The van der Waals surface area contributed by atoms with E-state index in [2.05, 4.69) is 10.3 Å². The first kappa shape index (κ1) is 23.2. The molecule has 0 saturated carbocycles. The van der Waals surface area contributed by atoms with Gasteiger partial charge in [-0.25, -0.2) is 9.78 Å². The van der Waals surface area contributed by atoms with Crippen LogP contribution in [0.5, 0.6) is 0 Å². The molecule has 1 aliphatic rings. The first-order valence-electron chi connectivity index (χ1n) is 9.94. The highest BCUT2D eigenvalue weighted by atomic mass is 19.4. The SMILES string of the molecule is C[C@@H](NC(=O)N1C(=O)C(Cc2ccnc(NC(=O)C(F)(F)F)c2)C1(C)C)c1ccccc1. The number of benzene rings is 1. The molecule has 0 radical (unpaired) electrons. The van der Waals surface area contributed by atoms with Crippen LogP contribution in [0, 0.1) is 5.92 Å². The zero-order valence-corrected chi connectivity index (χ0v) is 17.7. The molecule has 1 aromatic carbocycles. The summed E-state index contributed by atoms with van der Waals surface area (Å²) in [6, 6.07) is 11.3. The van der Waals surface area contributed by atoms with Gasteiger partial charge in [-0.3, -0.25) is 14.5 Å². The maximum Gasteiger partial charge on any atom is 0.471 e. The van der Waals surface area contributed by atoms with Gasteiger partial charge in [0.25, 0.3) is 0 Å². The van der Waals surface area contributed by atoms with Gasteiger partial charge in [0.1, 0.15) is 5.82 Å². The summed E-state index contributed by atoms with van der Waals surface area (Å²) < 4.78 is 37.4. The van der Waals surface area contributed by atoms with E-state index in [1.165, 1.54) is 12.3 Å². The number of hydrogen-bond acceptors (Lipinski definition) is 4. The molecule has 2 N–H and O–H groups in total. The fourth-order valence-corrected chi connectivity index (χ4v) is 3.70. The van der Waals surface area contributed by atoms with E-state index in [4.69, 9.17) is 0 Å². The molecule has 0 aliphatic carbocycles. The van der Waals surface area contributed by atoms with Gasteiger partial charge in [0.2, 0.25) is 5.91 Å². The van der Waals surface area contributed by atoms with Crippen LogP contribution in [0.1, 0.15) is 37.9 Å². The number of carbonyl (C=O) groups is 3. The van der Waals surface area contributed by atoms with E-state index in [-0.39, 0.29) is 24.2 Å². The van der Waals surface area contributed by atoms with Gasteiger partial charge < -0.3 is 10.6 Å². The van der Waals surface area contributed by atoms with Crippen molar-refractivity contribution < 1.29 is 27.6 Å². The molecule has 2 atom stereocenters. The molecule has 1 unspecified atom stereocenters. The molecule has 2 aromatic rings. The van der Waals surface area contributed by atoms with E-state index in [1.54, 1.807) is 25.2 Å². The lowest BCUT2D eigenvalue weighted by Crippen LogP contribution is -2.71. The number of nitrogens with one attached hydrogen (secondary N) is 2.